The zero-order chi connectivity index (χ0) is 12.5. The van der Waals surface area contributed by atoms with E-state index in [0.717, 1.165) is 12.8 Å². The van der Waals surface area contributed by atoms with Crippen molar-refractivity contribution in [2.75, 3.05) is 5.73 Å². The number of aromatic nitrogens is 2. The lowest BCUT2D eigenvalue weighted by molar-refractivity contribution is -0.122. The third-order valence-electron chi connectivity index (χ3n) is 3.29. The second-order valence-corrected chi connectivity index (χ2v) is 5.64. The fourth-order valence-corrected chi connectivity index (χ4v) is 2.45. The van der Waals surface area contributed by atoms with Crippen molar-refractivity contribution in [3.8, 4) is 0 Å². The van der Waals surface area contributed by atoms with Gasteiger partial charge >= 0.3 is 0 Å². The molecule has 0 saturated heterocycles. The Morgan fingerprint density at radius 1 is 1.71 bits per heavy atom. The standard InChI is InChI=1S/C12H20N4O/c1-12(2)4-3-10(5-12)15-11(17)8-16-7-9(13)6-14-16/h6-7,10H,3-5,8,13H2,1-2H3,(H,15,17). The molecule has 1 atom stereocenters. The fraction of sp³-hybridized carbons (Fsp3) is 0.667. The summed E-state index contributed by atoms with van der Waals surface area (Å²) in [5, 5.41) is 7.04. The Kier molecular flexibility index (Phi) is 3.09. The van der Waals surface area contributed by atoms with Crippen LogP contribution in [0.1, 0.15) is 33.1 Å². The van der Waals surface area contributed by atoms with Gasteiger partial charge in [0, 0.05) is 12.2 Å². The van der Waals surface area contributed by atoms with Gasteiger partial charge in [0.15, 0.2) is 0 Å². The molecule has 5 heteroatoms. The van der Waals surface area contributed by atoms with E-state index in [4.69, 9.17) is 5.73 Å². The Labute approximate surface area is 101 Å². The molecular formula is C12H20N4O. The zero-order valence-electron chi connectivity index (χ0n) is 10.4. The van der Waals surface area contributed by atoms with E-state index in [9.17, 15) is 4.79 Å². The van der Waals surface area contributed by atoms with Crippen molar-refractivity contribution >= 4 is 11.6 Å². The Morgan fingerprint density at radius 3 is 3.00 bits per heavy atom. The average Bonchev–Trinajstić information content (AvgIpc) is 2.73. The minimum Gasteiger partial charge on any atom is -0.396 e. The number of nitrogens with zero attached hydrogens (tertiary/aromatic N) is 2. The maximum absolute atomic E-state index is 11.8. The van der Waals surface area contributed by atoms with Gasteiger partial charge in [-0.15, -0.1) is 0 Å². The molecule has 1 aliphatic rings. The van der Waals surface area contributed by atoms with Crippen LogP contribution in [0.25, 0.3) is 0 Å². The van der Waals surface area contributed by atoms with Gasteiger partial charge in [0.05, 0.1) is 11.9 Å². The second kappa shape index (κ2) is 4.39. The SMILES string of the molecule is CC1(C)CCC(NC(=O)Cn2cc(N)cn2)C1. The number of rotatable bonds is 3. The number of anilines is 1. The third-order valence-corrected chi connectivity index (χ3v) is 3.29. The molecule has 94 valence electrons. The first-order valence-corrected chi connectivity index (χ1v) is 6.02. The predicted octanol–water partition coefficient (Wildman–Crippen LogP) is 1.16. The van der Waals surface area contributed by atoms with E-state index in [0.29, 0.717) is 17.1 Å². The summed E-state index contributed by atoms with van der Waals surface area (Å²) in [5.41, 5.74) is 6.48. The molecule has 1 amide bonds. The zero-order valence-corrected chi connectivity index (χ0v) is 10.4. The summed E-state index contributed by atoms with van der Waals surface area (Å²) in [5.74, 6) is 0.0100. The minimum absolute atomic E-state index is 0.0100. The van der Waals surface area contributed by atoms with Crippen LogP contribution in [0.5, 0.6) is 0 Å². The molecule has 5 nitrogen and oxygen atoms in total. The van der Waals surface area contributed by atoms with Gasteiger partial charge in [0.1, 0.15) is 6.54 Å². The predicted molar refractivity (Wildman–Crippen MR) is 66.2 cm³/mol. The molecule has 0 spiro atoms. The average molecular weight is 236 g/mol. The van der Waals surface area contributed by atoms with Crippen LogP contribution in [0.3, 0.4) is 0 Å². The second-order valence-electron chi connectivity index (χ2n) is 5.64. The number of hydrogen-bond donors (Lipinski definition) is 2. The van der Waals surface area contributed by atoms with E-state index in [1.807, 2.05) is 0 Å². The van der Waals surface area contributed by atoms with Crippen LogP contribution >= 0.6 is 0 Å². The molecule has 17 heavy (non-hydrogen) atoms. The summed E-state index contributed by atoms with van der Waals surface area (Å²) < 4.78 is 1.56. The molecule has 0 radical (unpaired) electrons. The first-order chi connectivity index (χ1) is 7.94. The van der Waals surface area contributed by atoms with Crippen molar-refractivity contribution in [2.24, 2.45) is 5.41 Å². The molecule has 3 N–H and O–H groups in total. The van der Waals surface area contributed by atoms with Gasteiger partial charge in [-0.1, -0.05) is 13.8 Å². The van der Waals surface area contributed by atoms with Crippen molar-refractivity contribution in [3.63, 3.8) is 0 Å². The smallest absolute Gasteiger partial charge is 0.241 e. The number of nitrogens with one attached hydrogen (secondary N) is 1. The Hall–Kier alpha value is -1.52. The van der Waals surface area contributed by atoms with E-state index < -0.39 is 0 Å². The van der Waals surface area contributed by atoms with Crippen molar-refractivity contribution in [1.29, 1.82) is 0 Å². The largest absolute Gasteiger partial charge is 0.396 e. The van der Waals surface area contributed by atoms with Gasteiger partial charge in [-0.05, 0) is 24.7 Å². The Bertz CT molecular complexity index is 410. The highest BCUT2D eigenvalue weighted by Crippen LogP contribution is 2.36. The summed E-state index contributed by atoms with van der Waals surface area (Å²) in [6.45, 7) is 4.73. The van der Waals surface area contributed by atoms with E-state index >= 15 is 0 Å². The molecule has 1 fully saturated rings. The lowest BCUT2D eigenvalue weighted by Crippen LogP contribution is -2.36. The fourth-order valence-electron chi connectivity index (χ4n) is 2.45. The molecule has 0 aromatic carbocycles. The van der Waals surface area contributed by atoms with Gasteiger partial charge in [-0.3, -0.25) is 9.48 Å². The topological polar surface area (TPSA) is 72.9 Å². The summed E-state index contributed by atoms with van der Waals surface area (Å²) in [6, 6.07) is 0.311. The third kappa shape index (κ3) is 3.22. The van der Waals surface area contributed by atoms with Gasteiger partial charge in [-0.2, -0.15) is 5.10 Å². The molecule has 1 aromatic heterocycles. The molecule has 1 saturated carbocycles. The van der Waals surface area contributed by atoms with Crippen LogP contribution in [0.2, 0.25) is 0 Å². The van der Waals surface area contributed by atoms with Crippen LogP contribution in [0.15, 0.2) is 12.4 Å². The molecule has 1 aromatic rings. The quantitative estimate of drug-likeness (QED) is 0.827. The van der Waals surface area contributed by atoms with Gasteiger partial charge < -0.3 is 11.1 Å². The van der Waals surface area contributed by atoms with E-state index in [2.05, 4.69) is 24.3 Å². The lowest BCUT2D eigenvalue weighted by Gasteiger charge is -2.17. The van der Waals surface area contributed by atoms with Crippen LogP contribution in [0.4, 0.5) is 5.69 Å². The lowest BCUT2D eigenvalue weighted by atomic mass is 9.92. The van der Waals surface area contributed by atoms with Crippen LogP contribution in [-0.4, -0.2) is 21.7 Å². The highest BCUT2D eigenvalue weighted by Gasteiger charge is 2.31. The van der Waals surface area contributed by atoms with Crippen molar-refractivity contribution < 1.29 is 4.79 Å². The number of carbonyl (C=O) groups is 1. The first kappa shape index (κ1) is 12.0. The first-order valence-electron chi connectivity index (χ1n) is 6.02. The highest BCUT2D eigenvalue weighted by molar-refractivity contribution is 5.76. The molecule has 2 rings (SSSR count). The molecular weight excluding hydrogens is 216 g/mol. The van der Waals surface area contributed by atoms with Crippen molar-refractivity contribution in [1.82, 2.24) is 15.1 Å². The summed E-state index contributed by atoms with van der Waals surface area (Å²) >= 11 is 0. The van der Waals surface area contributed by atoms with Crippen molar-refractivity contribution in [2.45, 2.75) is 45.7 Å². The Balaban J connectivity index is 1.82. The number of nitrogens with two attached hydrogens (primary N) is 1. The van der Waals surface area contributed by atoms with E-state index in [-0.39, 0.29) is 12.5 Å². The number of amides is 1. The Morgan fingerprint density at radius 2 is 2.47 bits per heavy atom. The van der Waals surface area contributed by atoms with Gasteiger partial charge in [0.25, 0.3) is 0 Å². The monoisotopic (exact) mass is 236 g/mol. The summed E-state index contributed by atoms with van der Waals surface area (Å²) in [4.78, 5) is 11.8. The number of hydrogen-bond acceptors (Lipinski definition) is 3. The molecule has 1 aliphatic carbocycles. The van der Waals surface area contributed by atoms with Crippen molar-refractivity contribution in [3.05, 3.63) is 12.4 Å². The normalized spacial score (nSPS) is 22.6. The maximum Gasteiger partial charge on any atom is 0.241 e. The molecule has 1 heterocycles. The van der Waals surface area contributed by atoms with Gasteiger partial charge in [0.2, 0.25) is 5.91 Å². The van der Waals surface area contributed by atoms with E-state index in [1.165, 1.54) is 6.42 Å². The maximum atomic E-state index is 11.8. The minimum atomic E-state index is 0.0100. The van der Waals surface area contributed by atoms with Crippen LogP contribution in [-0.2, 0) is 11.3 Å². The number of nitrogen functional groups attached to an aromatic ring is 1. The highest BCUT2D eigenvalue weighted by atomic mass is 16.2. The molecule has 0 bridgehead atoms. The van der Waals surface area contributed by atoms with E-state index in [1.54, 1.807) is 17.1 Å². The van der Waals surface area contributed by atoms with Crippen LogP contribution < -0.4 is 11.1 Å². The van der Waals surface area contributed by atoms with Gasteiger partial charge in [-0.25, -0.2) is 0 Å². The number of carbonyl (C=O) groups excluding carboxylic acids is 1. The summed E-state index contributed by atoms with van der Waals surface area (Å²) in [7, 11) is 0. The molecule has 1 unspecified atom stereocenters. The van der Waals surface area contributed by atoms with Crippen LogP contribution in [0, 0.1) is 5.41 Å². The summed E-state index contributed by atoms with van der Waals surface area (Å²) in [6.07, 6.45) is 6.51. The molecule has 0 aliphatic heterocycles.